The second-order valence-corrected chi connectivity index (χ2v) is 13.9. The molecule has 0 aliphatic heterocycles. The Hall–Kier alpha value is 0.411. The Balaban J connectivity index is -0.000000144. The predicted molar refractivity (Wildman–Crippen MR) is 65.8 cm³/mol. The van der Waals surface area contributed by atoms with E-state index in [1.54, 1.807) is 0 Å². The summed E-state index contributed by atoms with van der Waals surface area (Å²) in [6.07, 6.45) is 0. The first kappa shape index (κ1) is 20.8. The van der Waals surface area contributed by atoms with Gasteiger partial charge < -0.3 is 28.8 Å². The van der Waals surface area contributed by atoms with Crippen molar-refractivity contribution in [3.05, 3.63) is 0 Å². The summed E-state index contributed by atoms with van der Waals surface area (Å²) in [5.74, 6) is 0. The maximum atomic E-state index is 8.66. The number of rotatable bonds is 0. The minimum atomic E-state index is -3.61. The molecule has 0 unspecified atom stereocenters. The Kier molecular flexibility index (Phi) is 10.6. The molecule has 9 heteroatoms. The summed E-state index contributed by atoms with van der Waals surface area (Å²) in [4.78, 5) is 48.4. The quantitative estimate of drug-likeness (QED) is 0.316. The summed E-state index contributed by atoms with van der Waals surface area (Å²) in [7, 11) is -7.83. The molecule has 0 aliphatic rings. The van der Waals surface area contributed by atoms with Crippen molar-refractivity contribution in [2.24, 2.45) is 0 Å². The van der Waals surface area contributed by atoms with E-state index in [1.165, 1.54) is 13.1 Å². The second-order valence-electron chi connectivity index (χ2n) is 4.64. The summed E-state index contributed by atoms with van der Waals surface area (Å²) in [5.41, 5.74) is 0. The summed E-state index contributed by atoms with van der Waals surface area (Å²) in [6.45, 7) is 9.51. The average Bonchev–Trinajstić information content (AvgIpc) is 1.41. The zero-order valence-electron chi connectivity index (χ0n) is 10.2. The van der Waals surface area contributed by atoms with Crippen molar-refractivity contribution < 1.29 is 28.8 Å². The molecule has 0 atom stereocenters. The van der Waals surface area contributed by atoms with E-state index in [1.807, 2.05) is 19.6 Å². The zero-order valence-corrected chi connectivity index (χ0v) is 13.2. The lowest BCUT2D eigenvalue weighted by Gasteiger charge is -2.00. The van der Waals surface area contributed by atoms with Crippen molar-refractivity contribution in [2.75, 3.05) is 0 Å². The molecule has 0 bridgehead atoms. The fourth-order valence-electron chi connectivity index (χ4n) is 0. The van der Waals surface area contributed by atoms with Gasteiger partial charge in [-0.2, -0.15) is 0 Å². The molecule has 0 rings (SSSR count). The third-order valence-electron chi connectivity index (χ3n) is 0. The van der Waals surface area contributed by atoms with Crippen molar-refractivity contribution in [1.29, 1.82) is 0 Å². The normalized spacial score (nSPS) is 12.0. The van der Waals surface area contributed by atoms with Crippen molar-refractivity contribution in [1.82, 2.24) is 0 Å². The molecule has 0 aliphatic carbocycles. The summed E-state index contributed by atoms with van der Waals surface area (Å²) >= 11 is 0. The Labute approximate surface area is 94.2 Å². The molecule has 0 aromatic heterocycles. The van der Waals surface area contributed by atoms with Crippen molar-refractivity contribution >= 4 is 25.7 Å². The SMILES string of the molecule is C[Si](C)(C)O.C[Si](C)(O)O.C[Si](O)(O)O. The van der Waals surface area contributed by atoms with Gasteiger partial charge in [-0.05, 0) is 32.7 Å². The number of hydrogen-bond donors (Lipinski definition) is 6. The molecule has 0 saturated heterocycles. The molecule has 6 nitrogen and oxygen atoms in total. The van der Waals surface area contributed by atoms with Crippen LogP contribution in [0.4, 0.5) is 0 Å². The van der Waals surface area contributed by atoms with Crippen LogP contribution in [-0.4, -0.2) is 54.5 Å². The molecule has 0 radical (unpaired) electrons. The minimum absolute atomic E-state index is 0.993. The van der Waals surface area contributed by atoms with Gasteiger partial charge in [0.2, 0.25) is 0 Å². The van der Waals surface area contributed by atoms with Gasteiger partial charge >= 0.3 is 17.4 Å². The molecule has 0 amide bonds. The first-order valence-corrected chi connectivity index (χ1v) is 13.0. The van der Waals surface area contributed by atoms with Crippen LogP contribution in [0.15, 0.2) is 0 Å². The molecule has 6 N–H and O–H groups in total. The maximum Gasteiger partial charge on any atom is 0.489 e. The Morgan fingerprint density at radius 3 is 0.533 bits per heavy atom. The van der Waals surface area contributed by atoms with Gasteiger partial charge in [0.1, 0.15) is 0 Å². The van der Waals surface area contributed by atoms with E-state index in [2.05, 4.69) is 0 Å². The lowest BCUT2D eigenvalue weighted by molar-refractivity contribution is 0.239. The lowest BCUT2D eigenvalue weighted by atomic mass is 11.8. The van der Waals surface area contributed by atoms with Crippen LogP contribution in [0.1, 0.15) is 0 Å². The summed E-state index contributed by atoms with van der Waals surface area (Å²) in [6, 6.07) is 0. The van der Waals surface area contributed by atoms with Gasteiger partial charge in [-0.1, -0.05) is 0 Å². The van der Waals surface area contributed by atoms with Crippen LogP contribution in [0.5, 0.6) is 0 Å². The van der Waals surface area contributed by atoms with Crippen LogP contribution in [-0.2, 0) is 0 Å². The first-order chi connectivity index (χ1) is 6.00. The van der Waals surface area contributed by atoms with Crippen LogP contribution in [0.2, 0.25) is 39.3 Å². The first-order valence-electron chi connectivity index (χ1n) is 4.34. The van der Waals surface area contributed by atoms with Crippen molar-refractivity contribution in [3.8, 4) is 0 Å². The standard InChI is InChI=1S/C3H10OSi.C2H8O2Si.CH6O3Si/c3*1-5(2,3)4/h4H,1-3H3;3-4H,1-2H3;2-4H,1H3. The van der Waals surface area contributed by atoms with E-state index >= 15 is 0 Å². The van der Waals surface area contributed by atoms with Gasteiger partial charge in [-0.15, -0.1) is 0 Å². The molecule has 0 aromatic carbocycles. The molecule has 0 aromatic rings. The highest BCUT2D eigenvalue weighted by Gasteiger charge is 2.14. The highest BCUT2D eigenvalue weighted by Crippen LogP contribution is 1.88. The van der Waals surface area contributed by atoms with E-state index in [0.29, 0.717) is 0 Å². The third kappa shape index (κ3) is 13200. The molecule has 0 fully saturated rings. The Bertz CT molecular complexity index is 97.9. The lowest BCUT2D eigenvalue weighted by Crippen LogP contribution is -2.28. The highest BCUT2D eigenvalue weighted by atomic mass is 28.4. The van der Waals surface area contributed by atoms with Crippen LogP contribution in [0.25, 0.3) is 0 Å². The van der Waals surface area contributed by atoms with Gasteiger partial charge in [-0.25, -0.2) is 0 Å². The number of hydrogen-bond acceptors (Lipinski definition) is 6. The van der Waals surface area contributed by atoms with Crippen LogP contribution >= 0.6 is 0 Å². The van der Waals surface area contributed by atoms with E-state index < -0.39 is 25.7 Å². The minimum Gasteiger partial charge on any atom is -0.433 e. The highest BCUT2D eigenvalue weighted by molar-refractivity contribution is 6.68. The van der Waals surface area contributed by atoms with E-state index in [9.17, 15) is 0 Å². The van der Waals surface area contributed by atoms with Crippen LogP contribution in [0.3, 0.4) is 0 Å². The third-order valence-corrected chi connectivity index (χ3v) is 0. The van der Waals surface area contributed by atoms with Gasteiger partial charge in [-0.3, -0.25) is 0 Å². The van der Waals surface area contributed by atoms with Gasteiger partial charge in [0, 0.05) is 6.55 Å². The van der Waals surface area contributed by atoms with Crippen LogP contribution in [0, 0.1) is 0 Å². The monoisotopic (exact) mass is 276 g/mol. The fraction of sp³-hybridized carbons (Fsp3) is 1.00. The second kappa shape index (κ2) is 7.65. The molecular weight excluding hydrogens is 252 g/mol. The molecule has 15 heavy (non-hydrogen) atoms. The van der Waals surface area contributed by atoms with Crippen LogP contribution < -0.4 is 0 Å². The molecule has 0 saturated carbocycles. The van der Waals surface area contributed by atoms with Crippen molar-refractivity contribution in [3.63, 3.8) is 0 Å². The summed E-state index contributed by atoms with van der Waals surface area (Å²) in [5, 5.41) is 0. The molecule has 96 valence electrons. The van der Waals surface area contributed by atoms with Gasteiger partial charge in [0.15, 0.2) is 8.32 Å². The topological polar surface area (TPSA) is 121 Å². The largest absolute Gasteiger partial charge is 0.489 e. The summed E-state index contributed by atoms with van der Waals surface area (Å²) < 4.78 is 0. The molecule has 0 spiro atoms. The van der Waals surface area contributed by atoms with Gasteiger partial charge in [0.05, 0.1) is 0 Å². The van der Waals surface area contributed by atoms with Crippen molar-refractivity contribution in [2.45, 2.75) is 39.3 Å². The smallest absolute Gasteiger partial charge is 0.433 e. The van der Waals surface area contributed by atoms with Gasteiger partial charge in [0.25, 0.3) is 0 Å². The predicted octanol–water partition coefficient (Wildman–Crippen LogP) is -0.982. The Morgan fingerprint density at radius 1 is 0.533 bits per heavy atom. The van der Waals surface area contributed by atoms with E-state index in [0.717, 1.165) is 6.55 Å². The van der Waals surface area contributed by atoms with E-state index in [-0.39, 0.29) is 0 Å². The van der Waals surface area contributed by atoms with E-state index in [4.69, 9.17) is 28.8 Å². The maximum absolute atomic E-state index is 8.66. The molecular formula is C6H24O6Si3. The zero-order chi connectivity index (χ0) is 13.5. The average molecular weight is 277 g/mol. The molecule has 0 heterocycles. The fourth-order valence-corrected chi connectivity index (χ4v) is 0. The Morgan fingerprint density at radius 2 is 0.533 bits per heavy atom.